The summed E-state index contributed by atoms with van der Waals surface area (Å²) < 4.78 is 5.83. The van der Waals surface area contributed by atoms with Crippen LogP contribution in [0.2, 0.25) is 0 Å². The van der Waals surface area contributed by atoms with E-state index in [0.29, 0.717) is 12.6 Å². The molecule has 0 saturated carbocycles. The van der Waals surface area contributed by atoms with Crippen LogP contribution in [0, 0.1) is 0 Å². The minimum atomic E-state index is 0.0833. The normalized spacial score (nSPS) is 29.5. The number of aliphatic hydroxyl groups excluding tert-OH is 1. The molecule has 17 heavy (non-hydrogen) atoms. The summed E-state index contributed by atoms with van der Waals surface area (Å²) in [5.41, 5.74) is 0.0833. The van der Waals surface area contributed by atoms with Crippen LogP contribution in [-0.2, 0) is 4.74 Å². The fraction of sp³-hybridized carbons (Fsp3) is 1.00. The maximum absolute atomic E-state index is 8.67. The van der Waals surface area contributed by atoms with Crippen molar-refractivity contribution in [3.05, 3.63) is 0 Å². The van der Waals surface area contributed by atoms with Crippen molar-refractivity contribution in [2.75, 3.05) is 31.3 Å². The van der Waals surface area contributed by atoms with Gasteiger partial charge in [-0.15, -0.1) is 0 Å². The van der Waals surface area contributed by atoms with Crippen molar-refractivity contribution in [3.8, 4) is 0 Å². The molecule has 1 fully saturated rings. The molecule has 102 valence electrons. The molecule has 3 nitrogen and oxygen atoms in total. The molecule has 1 aliphatic rings. The SMILES string of the molecule is CCC1(C)CC(NCCSCCCO)CCO1. The van der Waals surface area contributed by atoms with E-state index >= 15 is 0 Å². The molecular weight excluding hydrogens is 234 g/mol. The Bertz CT molecular complexity index is 204. The molecule has 2 unspecified atom stereocenters. The van der Waals surface area contributed by atoms with Gasteiger partial charge in [-0.1, -0.05) is 6.92 Å². The van der Waals surface area contributed by atoms with Gasteiger partial charge >= 0.3 is 0 Å². The van der Waals surface area contributed by atoms with Crippen LogP contribution in [0.3, 0.4) is 0 Å². The highest BCUT2D eigenvalue weighted by atomic mass is 32.2. The molecule has 1 rings (SSSR count). The summed E-state index contributed by atoms with van der Waals surface area (Å²) in [6.45, 7) is 6.69. The van der Waals surface area contributed by atoms with Gasteiger partial charge in [-0.3, -0.25) is 0 Å². The third-order valence-corrected chi connectivity index (χ3v) is 4.54. The Labute approximate surface area is 110 Å². The van der Waals surface area contributed by atoms with Gasteiger partial charge in [0.25, 0.3) is 0 Å². The van der Waals surface area contributed by atoms with Gasteiger partial charge in [-0.2, -0.15) is 11.8 Å². The number of rotatable bonds is 8. The third kappa shape index (κ3) is 6.09. The highest BCUT2D eigenvalue weighted by Gasteiger charge is 2.31. The lowest BCUT2D eigenvalue weighted by atomic mass is 9.90. The van der Waals surface area contributed by atoms with Crippen LogP contribution in [0.25, 0.3) is 0 Å². The first-order valence-electron chi connectivity index (χ1n) is 6.76. The van der Waals surface area contributed by atoms with E-state index in [0.717, 1.165) is 50.3 Å². The highest BCUT2D eigenvalue weighted by Crippen LogP contribution is 2.27. The smallest absolute Gasteiger partial charge is 0.0666 e. The van der Waals surface area contributed by atoms with Gasteiger partial charge in [0.05, 0.1) is 5.60 Å². The fourth-order valence-corrected chi connectivity index (χ4v) is 2.95. The predicted octanol–water partition coefficient (Wildman–Crippen LogP) is 2.04. The zero-order valence-electron chi connectivity index (χ0n) is 11.2. The number of ether oxygens (including phenoxy) is 1. The lowest BCUT2D eigenvalue weighted by molar-refractivity contribution is -0.0776. The number of thioether (sulfide) groups is 1. The monoisotopic (exact) mass is 261 g/mol. The molecule has 0 aromatic carbocycles. The molecule has 2 N–H and O–H groups in total. The van der Waals surface area contributed by atoms with E-state index in [1.165, 1.54) is 0 Å². The predicted molar refractivity (Wildman–Crippen MR) is 74.7 cm³/mol. The number of hydrogen-bond donors (Lipinski definition) is 2. The van der Waals surface area contributed by atoms with Gasteiger partial charge < -0.3 is 15.2 Å². The van der Waals surface area contributed by atoms with Crippen LogP contribution in [0.15, 0.2) is 0 Å². The van der Waals surface area contributed by atoms with E-state index in [-0.39, 0.29) is 5.60 Å². The second-order valence-electron chi connectivity index (χ2n) is 4.99. The van der Waals surface area contributed by atoms with Crippen LogP contribution in [0.4, 0.5) is 0 Å². The largest absolute Gasteiger partial charge is 0.396 e. The molecule has 4 heteroatoms. The van der Waals surface area contributed by atoms with Crippen molar-refractivity contribution in [2.24, 2.45) is 0 Å². The summed E-state index contributed by atoms with van der Waals surface area (Å²) >= 11 is 1.92. The Balaban J connectivity index is 2.06. The van der Waals surface area contributed by atoms with Gasteiger partial charge in [0, 0.05) is 31.6 Å². The van der Waals surface area contributed by atoms with E-state index in [4.69, 9.17) is 9.84 Å². The van der Waals surface area contributed by atoms with E-state index in [9.17, 15) is 0 Å². The number of aliphatic hydroxyl groups is 1. The van der Waals surface area contributed by atoms with Crippen molar-refractivity contribution < 1.29 is 9.84 Å². The zero-order valence-corrected chi connectivity index (χ0v) is 12.0. The Morgan fingerprint density at radius 1 is 1.47 bits per heavy atom. The van der Waals surface area contributed by atoms with Crippen molar-refractivity contribution in [2.45, 2.75) is 51.2 Å². The van der Waals surface area contributed by atoms with Crippen molar-refractivity contribution in [1.82, 2.24) is 5.32 Å². The van der Waals surface area contributed by atoms with E-state index < -0.39 is 0 Å². The molecule has 1 saturated heterocycles. The average Bonchev–Trinajstić information content (AvgIpc) is 2.34. The molecule has 0 amide bonds. The van der Waals surface area contributed by atoms with Crippen LogP contribution < -0.4 is 5.32 Å². The number of nitrogens with one attached hydrogen (secondary N) is 1. The standard InChI is InChI=1S/C13H27NO2S/c1-3-13(2)11-12(5-8-16-13)14-6-10-17-9-4-7-15/h12,14-15H,3-11H2,1-2H3. The Kier molecular flexibility index (Phi) is 7.51. The van der Waals surface area contributed by atoms with Crippen LogP contribution in [-0.4, -0.2) is 48.0 Å². The van der Waals surface area contributed by atoms with Crippen LogP contribution in [0.1, 0.15) is 39.5 Å². The van der Waals surface area contributed by atoms with Gasteiger partial charge in [0.15, 0.2) is 0 Å². The van der Waals surface area contributed by atoms with Gasteiger partial charge in [-0.05, 0) is 38.4 Å². The Morgan fingerprint density at radius 3 is 3.00 bits per heavy atom. The average molecular weight is 261 g/mol. The van der Waals surface area contributed by atoms with Crippen molar-refractivity contribution >= 4 is 11.8 Å². The fourth-order valence-electron chi connectivity index (χ4n) is 2.15. The second-order valence-corrected chi connectivity index (χ2v) is 6.21. The first kappa shape index (κ1) is 15.3. The Morgan fingerprint density at radius 2 is 2.29 bits per heavy atom. The molecule has 1 aliphatic heterocycles. The van der Waals surface area contributed by atoms with Crippen LogP contribution in [0.5, 0.6) is 0 Å². The number of hydrogen-bond acceptors (Lipinski definition) is 4. The maximum Gasteiger partial charge on any atom is 0.0666 e. The van der Waals surface area contributed by atoms with Crippen molar-refractivity contribution in [1.29, 1.82) is 0 Å². The van der Waals surface area contributed by atoms with Gasteiger partial charge in [0.1, 0.15) is 0 Å². The summed E-state index contributed by atoms with van der Waals surface area (Å²) in [6, 6.07) is 0.618. The first-order chi connectivity index (χ1) is 8.20. The molecule has 0 aromatic rings. The molecule has 0 spiro atoms. The Hall–Kier alpha value is 0.230. The minimum Gasteiger partial charge on any atom is -0.396 e. The molecule has 1 heterocycles. The molecule has 2 atom stereocenters. The van der Waals surface area contributed by atoms with Gasteiger partial charge in [0.2, 0.25) is 0 Å². The molecule has 0 aromatic heterocycles. The van der Waals surface area contributed by atoms with Crippen LogP contribution >= 0.6 is 11.8 Å². The summed E-state index contributed by atoms with van der Waals surface area (Å²) in [4.78, 5) is 0. The summed E-state index contributed by atoms with van der Waals surface area (Å²) in [5.74, 6) is 2.21. The minimum absolute atomic E-state index is 0.0833. The first-order valence-corrected chi connectivity index (χ1v) is 7.91. The van der Waals surface area contributed by atoms with E-state index in [1.807, 2.05) is 11.8 Å². The van der Waals surface area contributed by atoms with E-state index in [1.54, 1.807) is 0 Å². The van der Waals surface area contributed by atoms with Gasteiger partial charge in [-0.25, -0.2) is 0 Å². The van der Waals surface area contributed by atoms with Crippen molar-refractivity contribution in [3.63, 3.8) is 0 Å². The molecule has 0 radical (unpaired) electrons. The maximum atomic E-state index is 8.67. The van der Waals surface area contributed by atoms with E-state index in [2.05, 4.69) is 19.2 Å². The molecule has 0 aliphatic carbocycles. The lowest BCUT2D eigenvalue weighted by Crippen LogP contribution is -2.45. The third-order valence-electron chi connectivity index (χ3n) is 3.47. The second kappa shape index (κ2) is 8.35. The summed E-state index contributed by atoms with van der Waals surface area (Å²) in [7, 11) is 0. The summed E-state index contributed by atoms with van der Waals surface area (Å²) in [6.07, 6.45) is 4.27. The zero-order chi connectivity index (χ0) is 12.6. The molecule has 0 bridgehead atoms. The molecular formula is C13H27NO2S. The highest BCUT2D eigenvalue weighted by molar-refractivity contribution is 7.99. The quantitative estimate of drug-likeness (QED) is 0.656. The summed E-state index contributed by atoms with van der Waals surface area (Å²) in [5, 5.41) is 12.3. The topological polar surface area (TPSA) is 41.5 Å². The lowest BCUT2D eigenvalue weighted by Gasteiger charge is -2.38.